The molecule has 0 aliphatic carbocycles. The Labute approximate surface area is 148 Å². The van der Waals surface area contributed by atoms with Gasteiger partial charge in [-0.1, -0.05) is 0 Å². The van der Waals surface area contributed by atoms with Crippen molar-refractivity contribution in [3.8, 4) is 5.88 Å². The molecule has 0 radical (unpaired) electrons. The maximum absolute atomic E-state index is 11.4. The number of hydrogen-bond donors (Lipinski definition) is 3. The molecular weight excluding hydrogens is 322 g/mol. The fourth-order valence-corrected chi connectivity index (χ4v) is 2.83. The largest absolute Gasteiger partial charge is 0.479 e. The SMILES string of the molecule is CNC(=O)CCC(C=O)Nc1cc(C)c(N2CCNCC2)nc1OC. The molecule has 0 saturated carbocycles. The number of aryl methyl sites for hydroxylation is 1. The van der Waals surface area contributed by atoms with Crippen LogP contribution in [0.4, 0.5) is 11.5 Å². The van der Waals surface area contributed by atoms with Gasteiger partial charge in [0.25, 0.3) is 0 Å². The van der Waals surface area contributed by atoms with E-state index in [4.69, 9.17) is 4.74 Å². The molecule has 25 heavy (non-hydrogen) atoms. The van der Waals surface area contributed by atoms with Crippen LogP contribution < -0.4 is 25.6 Å². The number of nitrogens with one attached hydrogen (secondary N) is 3. The number of rotatable bonds is 8. The first-order valence-corrected chi connectivity index (χ1v) is 8.52. The summed E-state index contributed by atoms with van der Waals surface area (Å²) in [6, 6.07) is 1.47. The van der Waals surface area contributed by atoms with Crippen LogP contribution in [0.5, 0.6) is 5.88 Å². The number of pyridine rings is 1. The van der Waals surface area contributed by atoms with Crippen LogP contribution in [0.2, 0.25) is 0 Å². The first kappa shape index (κ1) is 19.0. The molecule has 1 amide bonds. The monoisotopic (exact) mass is 349 g/mol. The number of methoxy groups -OCH3 is 1. The van der Waals surface area contributed by atoms with Crippen LogP contribution in [-0.4, -0.2) is 63.6 Å². The lowest BCUT2D eigenvalue weighted by Gasteiger charge is -2.30. The molecule has 1 aromatic rings. The summed E-state index contributed by atoms with van der Waals surface area (Å²) in [5.41, 5.74) is 1.68. The summed E-state index contributed by atoms with van der Waals surface area (Å²) >= 11 is 0. The van der Waals surface area contributed by atoms with Gasteiger partial charge in [-0.25, -0.2) is 0 Å². The third-order valence-corrected chi connectivity index (χ3v) is 4.23. The minimum atomic E-state index is -0.475. The van der Waals surface area contributed by atoms with Crippen LogP contribution in [0.3, 0.4) is 0 Å². The first-order valence-electron chi connectivity index (χ1n) is 8.52. The van der Waals surface area contributed by atoms with E-state index in [1.54, 1.807) is 14.2 Å². The summed E-state index contributed by atoms with van der Waals surface area (Å²) in [5, 5.41) is 9.01. The summed E-state index contributed by atoms with van der Waals surface area (Å²) in [7, 11) is 3.14. The van der Waals surface area contributed by atoms with Crippen LogP contribution in [0.15, 0.2) is 6.07 Å². The predicted octanol–water partition coefficient (Wildman–Crippen LogP) is 0.314. The van der Waals surface area contributed by atoms with Crippen LogP contribution >= 0.6 is 0 Å². The van der Waals surface area contributed by atoms with E-state index in [0.29, 0.717) is 18.0 Å². The normalized spacial score (nSPS) is 15.4. The minimum Gasteiger partial charge on any atom is -0.479 e. The molecule has 3 N–H and O–H groups in total. The number of ether oxygens (including phenoxy) is 1. The van der Waals surface area contributed by atoms with Crippen molar-refractivity contribution >= 4 is 23.7 Å². The smallest absolute Gasteiger partial charge is 0.239 e. The van der Waals surface area contributed by atoms with E-state index >= 15 is 0 Å². The second-order valence-electron chi connectivity index (χ2n) is 6.02. The first-order chi connectivity index (χ1) is 12.1. The van der Waals surface area contributed by atoms with Gasteiger partial charge in [-0.2, -0.15) is 4.98 Å². The molecule has 1 atom stereocenters. The van der Waals surface area contributed by atoms with Crippen LogP contribution in [0.1, 0.15) is 18.4 Å². The van der Waals surface area contributed by atoms with E-state index in [0.717, 1.165) is 43.8 Å². The fourth-order valence-electron chi connectivity index (χ4n) is 2.83. The van der Waals surface area contributed by atoms with E-state index in [2.05, 4.69) is 25.8 Å². The predicted molar refractivity (Wildman–Crippen MR) is 97.4 cm³/mol. The van der Waals surface area contributed by atoms with Crippen molar-refractivity contribution in [2.75, 3.05) is 50.6 Å². The van der Waals surface area contributed by atoms with Crippen molar-refractivity contribution in [1.29, 1.82) is 0 Å². The molecule has 138 valence electrons. The summed E-state index contributed by atoms with van der Waals surface area (Å²) in [4.78, 5) is 29.6. The van der Waals surface area contributed by atoms with Crippen molar-refractivity contribution in [1.82, 2.24) is 15.6 Å². The van der Waals surface area contributed by atoms with Crippen LogP contribution in [0, 0.1) is 6.92 Å². The Bertz CT molecular complexity index is 602. The molecule has 1 saturated heterocycles. The molecular formula is C17H27N5O3. The number of piperazine rings is 1. The molecule has 1 aromatic heterocycles. The minimum absolute atomic E-state index is 0.0935. The van der Waals surface area contributed by atoms with Gasteiger partial charge < -0.3 is 30.4 Å². The standard InChI is InChI=1S/C17H27N5O3/c1-12-10-14(20-13(11-23)4-5-15(24)18-2)17(25-3)21-16(12)22-8-6-19-7-9-22/h10-11,13,19-20H,4-9H2,1-3H3,(H,18,24). The van der Waals surface area contributed by atoms with E-state index in [-0.39, 0.29) is 12.3 Å². The molecule has 2 heterocycles. The number of anilines is 2. The van der Waals surface area contributed by atoms with Crippen molar-refractivity contribution in [2.45, 2.75) is 25.8 Å². The Morgan fingerprint density at radius 3 is 2.80 bits per heavy atom. The zero-order chi connectivity index (χ0) is 18.2. The molecule has 8 nitrogen and oxygen atoms in total. The Balaban J connectivity index is 2.15. The van der Waals surface area contributed by atoms with Gasteiger partial charge in [-0.05, 0) is 25.0 Å². The number of carbonyl (C=O) groups excluding carboxylic acids is 2. The number of nitrogens with zero attached hydrogens (tertiary/aromatic N) is 2. The van der Waals surface area contributed by atoms with Gasteiger partial charge in [-0.3, -0.25) is 4.79 Å². The quantitative estimate of drug-likeness (QED) is 0.582. The lowest BCUT2D eigenvalue weighted by Crippen LogP contribution is -2.44. The van der Waals surface area contributed by atoms with E-state index in [9.17, 15) is 9.59 Å². The summed E-state index contributed by atoms with van der Waals surface area (Å²) in [6.45, 7) is 5.64. The van der Waals surface area contributed by atoms with Crippen LogP contribution in [-0.2, 0) is 9.59 Å². The van der Waals surface area contributed by atoms with Gasteiger partial charge >= 0.3 is 0 Å². The number of aromatic nitrogens is 1. The summed E-state index contributed by atoms with van der Waals surface area (Å²) < 4.78 is 5.41. The Morgan fingerprint density at radius 1 is 1.48 bits per heavy atom. The maximum Gasteiger partial charge on any atom is 0.239 e. The molecule has 1 aliphatic rings. The van der Waals surface area contributed by atoms with Crippen molar-refractivity contribution in [3.63, 3.8) is 0 Å². The average molecular weight is 349 g/mol. The summed E-state index contributed by atoms with van der Waals surface area (Å²) in [5.74, 6) is 1.26. The third kappa shape index (κ3) is 5.06. The summed E-state index contributed by atoms with van der Waals surface area (Å²) in [6.07, 6.45) is 1.49. The zero-order valence-corrected chi connectivity index (χ0v) is 15.1. The molecule has 1 aliphatic heterocycles. The molecule has 2 rings (SSSR count). The Hall–Kier alpha value is -2.35. The number of carbonyl (C=O) groups is 2. The van der Waals surface area contributed by atoms with Gasteiger partial charge in [0.05, 0.1) is 18.8 Å². The highest BCUT2D eigenvalue weighted by Gasteiger charge is 2.19. The number of aldehydes is 1. The highest BCUT2D eigenvalue weighted by Crippen LogP contribution is 2.30. The third-order valence-electron chi connectivity index (χ3n) is 4.23. The number of hydrogen-bond acceptors (Lipinski definition) is 7. The molecule has 0 aromatic carbocycles. The topological polar surface area (TPSA) is 95.6 Å². The number of amides is 1. The highest BCUT2D eigenvalue weighted by atomic mass is 16.5. The van der Waals surface area contributed by atoms with Gasteiger partial charge in [-0.15, -0.1) is 0 Å². The maximum atomic E-state index is 11.4. The van der Waals surface area contributed by atoms with Crippen LogP contribution in [0.25, 0.3) is 0 Å². The van der Waals surface area contributed by atoms with Crippen molar-refractivity contribution < 1.29 is 14.3 Å². The van der Waals surface area contributed by atoms with Gasteiger partial charge in [0.1, 0.15) is 12.1 Å². The molecule has 8 heteroatoms. The molecule has 0 spiro atoms. The second-order valence-corrected chi connectivity index (χ2v) is 6.02. The van der Waals surface area contributed by atoms with Crippen molar-refractivity contribution in [2.24, 2.45) is 0 Å². The highest BCUT2D eigenvalue weighted by molar-refractivity contribution is 5.77. The Kier molecular flexibility index (Phi) is 7.00. The zero-order valence-electron chi connectivity index (χ0n) is 15.1. The average Bonchev–Trinajstić information content (AvgIpc) is 2.65. The van der Waals surface area contributed by atoms with E-state index in [1.165, 1.54) is 0 Å². The van der Waals surface area contributed by atoms with Gasteiger partial charge in [0.2, 0.25) is 11.8 Å². The lowest BCUT2D eigenvalue weighted by molar-refractivity contribution is -0.120. The Morgan fingerprint density at radius 2 is 2.20 bits per heavy atom. The lowest BCUT2D eigenvalue weighted by atomic mass is 10.1. The van der Waals surface area contributed by atoms with E-state index < -0.39 is 6.04 Å². The van der Waals surface area contributed by atoms with E-state index in [1.807, 2.05) is 13.0 Å². The molecule has 1 fully saturated rings. The van der Waals surface area contributed by atoms with Crippen molar-refractivity contribution in [3.05, 3.63) is 11.6 Å². The van der Waals surface area contributed by atoms with Gasteiger partial charge in [0.15, 0.2) is 0 Å². The molecule has 1 unspecified atom stereocenters. The van der Waals surface area contributed by atoms with Gasteiger partial charge in [0, 0.05) is 39.6 Å². The fraction of sp³-hybridized carbons (Fsp3) is 0.588. The second kappa shape index (κ2) is 9.22. The molecule has 0 bridgehead atoms.